The van der Waals surface area contributed by atoms with Gasteiger partial charge in [-0.05, 0) is 55.8 Å². The van der Waals surface area contributed by atoms with Gasteiger partial charge in [-0.3, -0.25) is 19.3 Å². The summed E-state index contributed by atoms with van der Waals surface area (Å²) in [5, 5.41) is 0. The molecule has 0 N–H and O–H groups in total. The van der Waals surface area contributed by atoms with Crippen molar-refractivity contribution < 1.29 is 18.8 Å². The molecule has 0 aliphatic carbocycles. The molecule has 3 aliphatic heterocycles. The number of rotatable bonds is 3. The molecule has 5 rings (SSSR count). The molecule has 28 heavy (non-hydrogen) atoms. The predicted octanol–water partition coefficient (Wildman–Crippen LogP) is 2.66. The topological polar surface area (TPSA) is 57.7 Å². The molecule has 0 spiro atoms. The number of ketones is 1. The highest BCUT2D eigenvalue weighted by Gasteiger charge is 2.64. The van der Waals surface area contributed by atoms with Gasteiger partial charge < -0.3 is 0 Å². The average Bonchev–Trinajstić information content (AvgIpc) is 3.35. The van der Waals surface area contributed by atoms with Crippen molar-refractivity contribution in [3.8, 4) is 0 Å². The first-order valence-corrected chi connectivity index (χ1v) is 9.56. The number of anilines is 1. The lowest BCUT2D eigenvalue weighted by Crippen LogP contribution is -2.46. The van der Waals surface area contributed by atoms with E-state index < -0.39 is 23.7 Å². The van der Waals surface area contributed by atoms with Gasteiger partial charge in [0.15, 0.2) is 5.78 Å². The molecule has 2 aromatic rings. The third-order valence-electron chi connectivity index (χ3n) is 6.26. The van der Waals surface area contributed by atoms with Gasteiger partial charge in [0.25, 0.3) is 0 Å². The highest BCUT2D eigenvalue weighted by molar-refractivity contribution is 6.24. The second-order valence-corrected chi connectivity index (χ2v) is 7.66. The fourth-order valence-electron chi connectivity index (χ4n) is 5.13. The van der Waals surface area contributed by atoms with Crippen molar-refractivity contribution in [2.45, 2.75) is 24.9 Å². The van der Waals surface area contributed by atoms with Gasteiger partial charge in [-0.25, -0.2) is 9.29 Å². The minimum Gasteiger partial charge on any atom is -0.292 e. The summed E-state index contributed by atoms with van der Waals surface area (Å²) in [7, 11) is 0. The van der Waals surface area contributed by atoms with Crippen molar-refractivity contribution in [2.75, 3.05) is 11.4 Å². The number of amides is 2. The number of Topliss-reactive ketones (excluding diaryl/α,β-unsaturated/α-hetero) is 1. The van der Waals surface area contributed by atoms with E-state index in [-0.39, 0.29) is 23.6 Å². The SMILES string of the molecule is O=C(c1ccc(F)cc1)[C@@H]1[C@@H]2C(=O)N(c3ccccc3)C(=O)[C@H]2[C@H]2CCCN21. The molecule has 6 heteroatoms. The van der Waals surface area contributed by atoms with E-state index in [1.807, 2.05) is 11.0 Å². The lowest BCUT2D eigenvalue weighted by atomic mass is 9.85. The maximum atomic E-state index is 13.3. The fraction of sp³-hybridized carbons (Fsp3) is 0.318. The highest BCUT2D eigenvalue weighted by atomic mass is 19.1. The largest absolute Gasteiger partial charge is 0.292 e. The Morgan fingerprint density at radius 3 is 2.32 bits per heavy atom. The molecular formula is C22H19FN2O3. The molecule has 3 saturated heterocycles. The van der Waals surface area contributed by atoms with Crippen molar-refractivity contribution >= 4 is 23.3 Å². The number of halogens is 1. The highest BCUT2D eigenvalue weighted by Crippen LogP contribution is 2.48. The van der Waals surface area contributed by atoms with Gasteiger partial charge in [-0.2, -0.15) is 0 Å². The van der Waals surface area contributed by atoms with E-state index in [1.54, 1.807) is 24.3 Å². The van der Waals surface area contributed by atoms with Crippen molar-refractivity contribution in [1.29, 1.82) is 0 Å². The van der Waals surface area contributed by atoms with E-state index in [9.17, 15) is 18.8 Å². The minimum absolute atomic E-state index is 0.0930. The second-order valence-electron chi connectivity index (χ2n) is 7.66. The molecule has 4 atom stereocenters. The number of imide groups is 1. The number of carbonyl (C=O) groups excluding carboxylic acids is 3. The zero-order valence-electron chi connectivity index (χ0n) is 15.1. The van der Waals surface area contributed by atoms with Gasteiger partial charge in [-0.15, -0.1) is 0 Å². The van der Waals surface area contributed by atoms with E-state index in [1.165, 1.54) is 29.2 Å². The molecule has 0 unspecified atom stereocenters. The molecule has 2 aromatic carbocycles. The number of benzene rings is 2. The summed E-state index contributed by atoms with van der Waals surface area (Å²) in [5.41, 5.74) is 0.917. The fourth-order valence-corrected chi connectivity index (χ4v) is 5.13. The quantitative estimate of drug-likeness (QED) is 0.609. The molecule has 0 aromatic heterocycles. The van der Waals surface area contributed by atoms with E-state index in [0.29, 0.717) is 17.8 Å². The molecule has 0 bridgehead atoms. The summed E-state index contributed by atoms with van der Waals surface area (Å²) in [6, 6.07) is 13.5. The lowest BCUT2D eigenvalue weighted by Gasteiger charge is -2.27. The van der Waals surface area contributed by atoms with Crippen molar-refractivity contribution in [3.63, 3.8) is 0 Å². The van der Waals surface area contributed by atoms with Crippen molar-refractivity contribution in [2.24, 2.45) is 11.8 Å². The summed E-state index contributed by atoms with van der Waals surface area (Å²) in [6.07, 6.45) is 1.70. The number of para-hydroxylation sites is 1. The number of fused-ring (bicyclic) bond motifs is 3. The maximum absolute atomic E-state index is 13.3. The van der Waals surface area contributed by atoms with E-state index in [0.717, 1.165) is 12.8 Å². The van der Waals surface area contributed by atoms with Crippen LogP contribution < -0.4 is 4.90 Å². The molecule has 142 valence electrons. The van der Waals surface area contributed by atoms with Crippen LogP contribution in [0.25, 0.3) is 0 Å². The maximum Gasteiger partial charge on any atom is 0.239 e. The van der Waals surface area contributed by atoms with Crippen molar-refractivity contribution in [3.05, 3.63) is 66.0 Å². The van der Waals surface area contributed by atoms with Crippen LogP contribution in [-0.4, -0.2) is 41.1 Å². The molecule has 0 radical (unpaired) electrons. The molecular weight excluding hydrogens is 359 g/mol. The summed E-state index contributed by atoms with van der Waals surface area (Å²) in [5.74, 6) is -2.33. The van der Waals surface area contributed by atoms with Gasteiger partial charge in [-0.1, -0.05) is 18.2 Å². The summed E-state index contributed by atoms with van der Waals surface area (Å²) >= 11 is 0. The standard InChI is InChI=1S/C22H19FN2O3/c23-14-10-8-13(9-11-14)20(26)19-18-17(16-7-4-12-24(16)19)21(27)25(22(18)28)15-5-2-1-3-6-15/h1-3,5-6,8-11,16-19H,4,7,12H2/t16-,17+,18-,19+/m1/s1. The van der Waals surface area contributed by atoms with E-state index in [2.05, 4.69) is 0 Å². The minimum atomic E-state index is -0.685. The monoisotopic (exact) mass is 378 g/mol. The van der Waals surface area contributed by atoms with E-state index in [4.69, 9.17) is 0 Å². The smallest absolute Gasteiger partial charge is 0.239 e. The molecule has 5 nitrogen and oxygen atoms in total. The summed E-state index contributed by atoms with van der Waals surface area (Å²) < 4.78 is 13.3. The Labute approximate surface area is 161 Å². The van der Waals surface area contributed by atoms with Crippen LogP contribution >= 0.6 is 0 Å². The van der Waals surface area contributed by atoms with Crippen LogP contribution in [0.3, 0.4) is 0 Å². The average molecular weight is 378 g/mol. The Hall–Kier alpha value is -2.86. The van der Waals surface area contributed by atoms with Gasteiger partial charge >= 0.3 is 0 Å². The van der Waals surface area contributed by atoms with Gasteiger partial charge in [0.2, 0.25) is 11.8 Å². The normalized spacial score (nSPS) is 29.2. The van der Waals surface area contributed by atoms with Crippen LogP contribution in [0.5, 0.6) is 0 Å². The Bertz CT molecular complexity index is 960. The van der Waals surface area contributed by atoms with Crippen LogP contribution in [-0.2, 0) is 9.59 Å². The van der Waals surface area contributed by atoms with Crippen molar-refractivity contribution in [1.82, 2.24) is 4.90 Å². The first-order chi connectivity index (χ1) is 13.6. The van der Waals surface area contributed by atoms with Gasteiger partial charge in [0.1, 0.15) is 5.82 Å². The summed E-state index contributed by atoms with van der Waals surface area (Å²) in [4.78, 5) is 43.1. The third-order valence-corrected chi connectivity index (χ3v) is 6.26. The van der Waals surface area contributed by atoms with Gasteiger partial charge in [0.05, 0.1) is 23.6 Å². The molecule has 2 amide bonds. The van der Waals surface area contributed by atoms with Crippen LogP contribution in [0, 0.1) is 17.7 Å². The van der Waals surface area contributed by atoms with Crippen LogP contribution in [0.1, 0.15) is 23.2 Å². The predicted molar refractivity (Wildman–Crippen MR) is 100 cm³/mol. The Balaban J connectivity index is 1.55. The Morgan fingerprint density at radius 2 is 1.61 bits per heavy atom. The van der Waals surface area contributed by atoms with Gasteiger partial charge in [0, 0.05) is 11.6 Å². The number of hydrogen-bond donors (Lipinski definition) is 0. The van der Waals surface area contributed by atoms with Crippen LogP contribution in [0.2, 0.25) is 0 Å². The zero-order valence-corrected chi connectivity index (χ0v) is 15.1. The molecule has 3 aliphatic rings. The number of hydrogen-bond acceptors (Lipinski definition) is 4. The third kappa shape index (κ3) is 2.37. The van der Waals surface area contributed by atoms with Crippen LogP contribution in [0.15, 0.2) is 54.6 Å². The number of nitrogens with zero attached hydrogens (tertiary/aromatic N) is 2. The Kier molecular flexibility index (Phi) is 3.91. The molecule has 3 heterocycles. The zero-order chi connectivity index (χ0) is 19.4. The Morgan fingerprint density at radius 1 is 0.929 bits per heavy atom. The summed E-state index contributed by atoms with van der Waals surface area (Å²) in [6.45, 7) is 0.696. The second kappa shape index (κ2) is 6.34. The molecule has 0 saturated carbocycles. The first-order valence-electron chi connectivity index (χ1n) is 9.56. The molecule has 3 fully saturated rings. The lowest BCUT2D eigenvalue weighted by molar-refractivity contribution is -0.123. The van der Waals surface area contributed by atoms with Crippen LogP contribution in [0.4, 0.5) is 10.1 Å². The number of carbonyl (C=O) groups is 3. The van der Waals surface area contributed by atoms with E-state index >= 15 is 0 Å². The first kappa shape index (κ1) is 17.3.